The Bertz CT molecular complexity index is 391. The lowest BCUT2D eigenvalue weighted by molar-refractivity contribution is -0.132. The van der Waals surface area contributed by atoms with Gasteiger partial charge in [-0.15, -0.1) is 0 Å². The Morgan fingerprint density at radius 3 is 2.39 bits per heavy atom. The van der Waals surface area contributed by atoms with Crippen LogP contribution in [-0.2, 0) is 4.79 Å². The summed E-state index contributed by atoms with van der Waals surface area (Å²) in [5, 5.41) is 9.04. The van der Waals surface area contributed by atoms with Crippen molar-refractivity contribution in [2.45, 2.75) is 32.2 Å². The third kappa shape index (κ3) is 4.10. The third-order valence-corrected chi connectivity index (χ3v) is 3.77. The van der Waals surface area contributed by atoms with Gasteiger partial charge in [0.15, 0.2) is 0 Å². The fourth-order valence-electron chi connectivity index (χ4n) is 1.68. The van der Waals surface area contributed by atoms with Gasteiger partial charge in [-0.25, -0.2) is 0 Å². The highest BCUT2D eigenvalue weighted by atomic mass is 79.9. The molecule has 0 aliphatic heterocycles. The van der Waals surface area contributed by atoms with Crippen molar-refractivity contribution in [3.05, 3.63) is 34.3 Å². The van der Waals surface area contributed by atoms with Crippen molar-refractivity contribution in [3.8, 4) is 0 Å². The monoisotopic (exact) mass is 313 g/mol. The Labute approximate surface area is 117 Å². The van der Waals surface area contributed by atoms with Gasteiger partial charge in [0, 0.05) is 17.9 Å². The number of amides is 1. The lowest BCUT2D eigenvalue weighted by Crippen LogP contribution is -2.37. The van der Waals surface area contributed by atoms with Crippen LogP contribution in [0.3, 0.4) is 0 Å². The van der Waals surface area contributed by atoms with Crippen molar-refractivity contribution in [3.63, 3.8) is 0 Å². The lowest BCUT2D eigenvalue weighted by atomic mass is 9.97. The Hall–Kier alpha value is -0.870. The zero-order valence-electron chi connectivity index (χ0n) is 11.1. The number of aliphatic hydroxyl groups excluding tert-OH is 1. The summed E-state index contributed by atoms with van der Waals surface area (Å²) in [5.41, 5.74) is 1.15. The Balaban J connectivity index is 2.61. The van der Waals surface area contributed by atoms with Gasteiger partial charge in [0.2, 0.25) is 5.91 Å². The molecule has 0 aliphatic carbocycles. The average molecular weight is 314 g/mol. The molecule has 0 fully saturated rings. The minimum absolute atomic E-state index is 0.00505. The second kappa shape index (κ2) is 6.90. The largest absolute Gasteiger partial charge is 0.394 e. The Kier molecular flexibility index (Phi) is 5.82. The molecule has 0 aliphatic rings. The van der Waals surface area contributed by atoms with Crippen LogP contribution in [0.5, 0.6) is 0 Å². The number of halogens is 1. The predicted octanol–water partition coefficient (Wildman–Crippen LogP) is 2.78. The molecule has 1 amide bonds. The first kappa shape index (κ1) is 15.2. The Morgan fingerprint density at radius 2 is 1.89 bits per heavy atom. The van der Waals surface area contributed by atoms with Crippen molar-refractivity contribution in [1.29, 1.82) is 0 Å². The molecular formula is C14H20BrNO2. The third-order valence-electron chi connectivity index (χ3n) is 3.24. The molecule has 18 heavy (non-hydrogen) atoms. The van der Waals surface area contributed by atoms with Crippen LogP contribution in [0, 0.1) is 0 Å². The molecule has 2 unspecified atom stereocenters. The van der Waals surface area contributed by atoms with Crippen molar-refractivity contribution in [1.82, 2.24) is 4.90 Å². The summed E-state index contributed by atoms with van der Waals surface area (Å²) in [7, 11) is 1.73. The molecule has 4 heteroatoms. The summed E-state index contributed by atoms with van der Waals surface area (Å²) >= 11 is 3.39. The zero-order chi connectivity index (χ0) is 13.7. The van der Waals surface area contributed by atoms with Crippen LogP contribution < -0.4 is 0 Å². The molecule has 0 heterocycles. The van der Waals surface area contributed by atoms with E-state index in [1.807, 2.05) is 38.1 Å². The minimum atomic E-state index is -0.130. The van der Waals surface area contributed by atoms with E-state index in [9.17, 15) is 4.79 Å². The maximum absolute atomic E-state index is 12.0. The van der Waals surface area contributed by atoms with E-state index in [4.69, 9.17) is 5.11 Å². The molecule has 100 valence electrons. The van der Waals surface area contributed by atoms with Crippen LogP contribution in [0.25, 0.3) is 0 Å². The summed E-state index contributed by atoms with van der Waals surface area (Å²) in [6.07, 6.45) is 0.461. The highest BCUT2D eigenvalue weighted by Gasteiger charge is 2.18. The second-order valence-corrected chi connectivity index (χ2v) is 5.61. The van der Waals surface area contributed by atoms with Gasteiger partial charge < -0.3 is 10.0 Å². The topological polar surface area (TPSA) is 40.5 Å². The predicted molar refractivity (Wildman–Crippen MR) is 76.5 cm³/mol. The lowest BCUT2D eigenvalue weighted by Gasteiger charge is -2.24. The quantitative estimate of drug-likeness (QED) is 0.908. The van der Waals surface area contributed by atoms with Crippen molar-refractivity contribution in [2.24, 2.45) is 0 Å². The van der Waals surface area contributed by atoms with Crippen molar-refractivity contribution >= 4 is 21.8 Å². The number of nitrogens with zero attached hydrogens (tertiary/aromatic N) is 1. The number of likely N-dealkylation sites (N-methyl/N-ethyl adjacent to an activating group) is 1. The van der Waals surface area contributed by atoms with Crippen LogP contribution in [0.15, 0.2) is 28.7 Å². The maximum atomic E-state index is 12.0. The van der Waals surface area contributed by atoms with Crippen LogP contribution in [0.1, 0.15) is 31.7 Å². The molecule has 1 aromatic carbocycles. The van der Waals surface area contributed by atoms with E-state index in [2.05, 4.69) is 15.9 Å². The normalized spacial score (nSPS) is 14.1. The zero-order valence-corrected chi connectivity index (χ0v) is 12.6. The molecule has 1 N–H and O–H groups in total. The molecule has 1 rings (SSSR count). The summed E-state index contributed by atoms with van der Waals surface area (Å²) < 4.78 is 1.04. The van der Waals surface area contributed by atoms with Gasteiger partial charge in [0.1, 0.15) is 0 Å². The molecule has 3 nitrogen and oxygen atoms in total. The summed E-state index contributed by atoms with van der Waals surface area (Å²) in [6.45, 7) is 3.87. The van der Waals surface area contributed by atoms with E-state index in [-0.39, 0.29) is 24.5 Å². The molecule has 2 atom stereocenters. The molecule has 0 saturated heterocycles. The fraction of sp³-hybridized carbons (Fsp3) is 0.500. The van der Waals surface area contributed by atoms with E-state index in [1.165, 1.54) is 0 Å². The first-order valence-electron chi connectivity index (χ1n) is 6.07. The van der Waals surface area contributed by atoms with Crippen LogP contribution in [0.2, 0.25) is 0 Å². The highest BCUT2D eigenvalue weighted by Crippen LogP contribution is 2.22. The van der Waals surface area contributed by atoms with Gasteiger partial charge in [-0.1, -0.05) is 35.0 Å². The summed E-state index contributed by atoms with van der Waals surface area (Å²) in [6, 6.07) is 7.89. The second-order valence-electron chi connectivity index (χ2n) is 4.69. The smallest absolute Gasteiger partial charge is 0.223 e. The standard InChI is InChI=1S/C14H20BrNO2/c1-10(12-4-6-13(15)7-5-12)8-14(18)16(3)11(2)9-17/h4-7,10-11,17H,8-9H2,1-3H3. The van der Waals surface area contributed by atoms with Crippen molar-refractivity contribution < 1.29 is 9.90 Å². The average Bonchev–Trinajstić information content (AvgIpc) is 2.37. The van der Waals surface area contributed by atoms with Gasteiger partial charge in [-0.2, -0.15) is 0 Å². The maximum Gasteiger partial charge on any atom is 0.223 e. The molecule has 0 aromatic heterocycles. The molecule has 1 aromatic rings. The SMILES string of the molecule is CC(CC(=O)N(C)C(C)CO)c1ccc(Br)cc1. The van der Waals surface area contributed by atoms with E-state index >= 15 is 0 Å². The first-order chi connectivity index (χ1) is 8.45. The van der Waals surface area contributed by atoms with Crippen LogP contribution in [-0.4, -0.2) is 35.6 Å². The molecule has 0 saturated carbocycles. The summed E-state index contributed by atoms with van der Waals surface area (Å²) in [5.74, 6) is 0.242. The molecule has 0 spiro atoms. The van der Waals surface area contributed by atoms with Gasteiger partial charge in [0.25, 0.3) is 0 Å². The van der Waals surface area contributed by atoms with E-state index < -0.39 is 0 Å². The number of carbonyl (C=O) groups is 1. The van der Waals surface area contributed by atoms with Crippen LogP contribution in [0.4, 0.5) is 0 Å². The minimum Gasteiger partial charge on any atom is -0.394 e. The van der Waals surface area contributed by atoms with E-state index in [0.717, 1.165) is 10.0 Å². The molecule has 0 radical (unpaired) electrons. The van der Waals surface area contributed by atoms with Gasteiger partial charge in [0.05, 0.1) is 12.6 Å². The fourth-order valence-corrected chi connectivity index (χ4v) is 1.95. The van der Waals surface area contributed by atoms with Gasteiger partial charge >= 0.3 is 0 Å². The Morgan fingerprint density at radius 1 is 1.33 bits per heavy atom. The number of hydrogen-bond acceptors (Lipinski definition) is 2. The first-order valence-corrected chi connectivity index (χ1v) is 6.87. The number of rotatable bonds is 5. The number of benzene rings is 1. The van der Waals surface area contributed by atoms with Crippen LogP contribution >= 0.6 is 15.9 Å². The molecular weight excluding hydrogens is 294 g/mol. The summed E-state index contributed by atoms with van der Waals surface area (Å²) in [4.78, 5) is 13.6. The van der Waals surface area contributed by atoms with E-state index in [1.54, 1.807) is 11.9 Å². The number of carbonyl (C=O) groups excluding carboxylic acids is 1. The number of hydrogen-bond donors (Lipinski definition) is 1. The molecule has 0 bridgehead atoms. The highest BCUT2D eigenvalue weighted by molar-refractivity contribution is 9.10. The van der Waals surface area contributed by atoms with E-state index in [0.29, 0.717) is 6.42 Å². The van der Waals surface area contributed by atoms with Gasteiger partial charge in [-0.05, 0) is 30.5 Å². The number of aliphatic hydroxyl groups is 1. The van der Waals surface area contributed by atoms with Gasteiger partial charge in [-0.3, -0.25) is 4.79 Å². The van der Waals surface area contributed by atoms with Crippen molar-refractivity contribution in [2.75, 3.05) is 13.7 Å².